The first-order valence-corrected chi connectivity index (χ1v) is 10.7. The average molecular weight is 405 g/mol. The van der Waals surface area contributed by atoms with Crippen molar-refractivity contribution in [1.29, 1.82) is 0 Å². The van der Waals surface area contributed by atoms with Crippen molar-refractivity contribution in [3.63, 3.8) is 0 Å². The second-order valence-corrected chi connectivity index (χ2v) is 7.48. The van der Waals surface area contributed by atoms with E-state index in [0.29, 0.717) is 18.7 Å². The molecule has 148 valence electrons. The molecule has 0 spiro atoms. The van der Waals surface area contributed by atoms with Crippen LogP contribution in [0.25, 0.3) is 0 Å². The largest absolute Gasteiger partial charge is 0.348 e. The second-order valence-electron chi connectivity index (χ2n) is 6.60. The molecule has 0 aliphatic heterocycles. The van der Waals surface area contributed by atoms with E-state index in [1.165, 1.54) is 11.1 Å². The topological polar surface area (TPSA) is 58.2 Å². The summed E-state index contributed by atoms with van der Waals surface area (Å²) in [6.07, 6.45) is 2.67. The molecule has 3 aromatic rings. The quantitative estimate of drug-likeness (QED) is 0.444. The van der Waals surface area contributed by atoms with E-state index >= 15 is 0 Å². The highest BCUT2D eigenvalue weighted by Gasteiger charge is 2.17. The standard InChI is InChI=1S/C24H24N2O2S/c1-29-21-14-8-13-20(17-21)26-24(28)23(27)25-16-15-22(18-9-4-2-5-10-18)19-11-6-3-7-12-19/h2-14,17,22H,15-16H2,1H3,(H,25,27)(H,26,28). The maximum absolute atomic E-state index is 12.2. The van der Waals surface area contributed by atoms with Crippen LogP contribution in [0.4, 0.5) is 5.69 Å². The predicted molar refractivity (Wildman–Crippen MR) is 119 cm³/mol. The first-order chi connectivity index (χ1) is 14.2. The smallest absolute Gasteiger partial charge is 0.313 e. The fraction of sp³-hybridized carbons (Fsp3) is 0.167. The molecule has 0 bridgehead atoms. The summed E-state index contributed by atoms with van der Waals surface area (Å²) < 4.78 is 0. The molecule has 0 aromatic heterocycles. The van der Waals surface area contributed by atoms with Gasteiger partial charge in [-0.25, -0.2) is 0 Å². The van der Waals surface area contributed by atoms with Gasteiger partial charge in [0.1, 0.15) is 0 Å². The van der Waals surface area contributed by atoms with E-state index < -0.39 is 11.8 Å². The summed E-state index contributed by atoms with van der Waals surface area (Å²) in [5, 5.41) is 5.40. The lowest BCUT2D eigenvalue weighted by molar-refractivity contribution is -0.136. The molecule has 0 heterocycles. The molecular formula is C24H24N2O2S. The van der Waals surface area contributed by atoms with Crippen LogP contribution >= 0.6 is 11.8 Å². The SMILES string of the molecule is CSc1cccc(NC(=O)C(=O)NCCC(c2ccccc2)c2ccccc2)c1. The Morgan fingerprint density at radius 3 is 2.03 bits per heavy atom. The summed E-state index contributed by atoms with van der Waals surface area (Å²) in [4.78, 5) is 25.5. The van der Waals surface area contributed by atoms with E-state index in [0.717, 1.165) is 4.90 Å². The average Bonchev–Trinajstić information content (AvgIpc) is 2.78. The number of carbonyl (C=O) groups excluding carboxylic acids is 2. The van der Waals surface area contributed by atoms with Crippen molar-refractivity contribution in [1.82, 2.24) is 5.32 Å². The second kappa shape index (κ2) is 10.5. The molecule has 0 aliphatic carbocycles. The number of thioether (sulfide) groups is 1. The van der Waals surface area contributed by atoms with Gasteiger partial charge in [0.25, 0.3) is 0 Å². The number of rotatable bonds is 7. The number of hydrogen-bond acceptors (Lipinski definition) is 3. The van der Waals surface area contributed by atoms with E-state index in [-0.39, 0.29) is 5.92 Å². The number of amides is 2. The summed E-state index contributed by atoms with van der Waals surface area (Å²) in [7, 11) is 0. The van der Waals surface area contributed by atoms with Crippen molar-refractivity contribution in [2.45, 2.75) is 17.2 Å². The van der Waals surface area contributed by atoms with E-state index in [9.17, 15) is 9.59 Å². The minimum absolute atomic E-state index is 0.152. The van der Waals surface area contributed by atoms with E-state index in [2.05, 4.69) is 34.9 Å². The highest BCUT2D eigenvalue weighted by atomic mass is 32.2. The maximum Gasteiger partial charge on any atom is 0.313 e. The minimum Gasteiger partial charge on any atom is -0.348 e. The number of benzene rings is 3. The van der Waals surface area contributed by atoms with Gasteiger partial charge in [0, 0.05) is 23.0 Å². The lowest BCUT2D eigenvalue weighted by Gasteiger charge is -2.18. The molecule has 3 aromatic carbocycles. The Labute approximate surface area is 175 Å². The first-order valence-electron chi connectivity index (χ1n) is 9.50. The van der Waals surface area contributed by atoms with Crippen LogP contribution in [-0.4, -0.2) is 24.6 Å². The zero-order valence-electron chi connectivity index (χ0n) is 16.3. The number of anilines is 1. The normalized spacial score (nSPS) is 10.6. The Morgan fingerprint density at radius 2 is 1.45 bits per heavy atom. The van der Waals surface area contributed by atoms with Crippen molar-refractivity contribution in [3.8, 4) is 0 Å². The Balaban J connectivity index is 1.59. The third-order valence-corrected chi connectivity index (χ3v) is 5.38. The molecule has 0 aliphatic rings. The number of hydrogen-bond donors (Lipinski definition) is 2. The summed E-state index contributed by atoms with van der Waals surface area (Å²) >= 11 is 1.58. The van der Waals surface area contributed by atoms with Gasteiger partial charge in [-0.1, -0.05) is 66.7 Å². The van der Waals surface area contributed by atoms with Crippen LogP contribution in [0.1, 0.15) is 23.5 Å². The van der Waals surface area contributed by atoms with Crippen LogP contribution in [0.3, 0.4) is 0 Å². The van der Waals surface area contributed by atoms with Crippen molar-refractivity contribution < 1.29 is 9.59 Å². The molecule has 0 radical (unpaired) electrons. The van der Waals surface area contributed by atoms with Crippen LogP contribution in [0.2, 0.25) is 0 Å². The Kier molecular flexibility index (Phi) is 7.47. The third-order valence-electron chi connectivity index (χ3n) is 4.66. The summed E-state index contributed by atoms with van der Waals surface area (Å²) in [6.45, 7) is 0.408. The van der Waals surface area contributed by atoms with Crippen molar-refractivity contribution >= 4 is 29.3 Å². The van der Waals surface area contributed by atoms with Gasteiger partial charge in [-0.3, -0.25) is 9.59 Å². The lowest BCUT2D eigenvalue weighted by Crippen LogP contribution is -2.36. The minimum atomic E-state index is -0.653. The summed E-state index contributed by atoms with van der Waals surface area (Å²) in [6, 6.07) is 27.8. The molecule has 29 heavy (non-hydrogen) atoms. The zero-order valence-corrected chi connectivity index (χ0v) is 17.1. The highest BCUT2D eigenvalue weighted by molar-refractivity contribution is 7.98. The van der Waals surface area contributed by atoms with Gasteiger partial charge in [0.05, 0.1) is 0 Å². The van der Waals surface area contributed by atoms with Crippen LogP contribution in [0, 0.1) is 0 Å². The monoisotopic (exact) mass is 404 g/mol. The van der Waals surface area contributed by atoms with E-state index in [4.69, 9.17) is 0 Å². The van der Waals surface area contributed by atoms with E-state index in [1.54, 1.807) is 17.8 Å². The fourth-order valence-electron chi connectivity index (χ4n) is 3.20. The van der Waals surface area contributed by atoms with Crippen LogP contribution in [-0.2, 0) is 9.59 Å². The molecule has 0 saturated carbocycles. The molecule has 2 amide bonds. The number of nitrogens with one attached hydrogen (secondary N) is 2. The third kappa shape index (κ3) is 5.96. The molecule has 0 saturated heterocycles. The van der Waals surface area contributed by atoms with Gasteiger partial charge in [-0.05, 0) is 42.0 Å². The maximum atomic E-state index is 12.2. The van der Waals surface area contributed by atoms with Gasteiger partial charge in [0.15, 0.2) is 0 Å². The molecule has 3 rings (SSSR count). The fourth-order valence-corrected chi connectivity index (χ4v) is 3.65. The molecule has 0 fully saturated rings. The van der Waals surface area contributed by atoms with Gasteiger partial charge in [-0.15, -0.1) is 11.8 Å². The van der Waals surface area contributed by atoms with Crippen molar-refractivity contribution in [2.75, 3.05) is 18.1 Å². The molecule has 5 heteroatoms. The van der Waals surface area contributed by atoms with Gasteiger partial charge < -0.3 is 10.6 Å². The lowest BCUT2D eigenvalue weighted by atomic mass is 9.88. The van der Waals surface area contributed by atoms with Crippen LogP contribution in [0.15, 0.2) is 89.8 Å². The van der Waals surface area contributed by atoms with Crippen molar-refractivity contribution in [2.24, 2.45) is 0 Å². The molecule has 4 nitrogen and oxygen atoms in total. The van der Waals surface area contributed by atoms with Crippen molar-refractivity contribution in [3.05, 3.63) is 96.1 Å². The highest BCUT2D eigenvalue weighted by Crippen LogP contribution is 2.27. The molecular weight excluding hydrogens is 380 g/mol. The first kappa shape index (κ1) is 20.7. The Bertz CT molecular complexity index is 906. The van der Waals surface area contributed by atoms with Crippen LogP contribution in [0.5, 0.6) is 0 Å². The molecule has 2 N–H and O–H groups in total. The summed E-state index contributed by atoms with van der Waals surface area (Å²) in [5.74, 6) is -1.13. The molecule has 0 unspecified atom stereocenters. The Morgan fingerprint density at radius 1 is 0.828 bits per heavy atom. The Hall–Kier alpha value is -3.05. The van der Waals surface area contributed by atoms with Gasteiger partial charge in [0.2, 0.25) is 0 Å². The summed E-state index contributed by atoms with van der Waals surface area (Å²) in [5.41, 5.74) is 2.99. The molecule has 0 atom stereocenters. The zero-order chi connectivity index (χ0) is 20.5. The van der Waals surface area contributed by atoms with Crippen LogP contribution < -0.4 is 10.6 Å². The van der Waals surface area contributed by atoms with Gasteiger partial charge in [-0.2, -0.15) is 0 Å². The van der Waals surface area contributed by atoms with Gasteiger partial charge >= 0.3 is 11.8 Å². The number of carbonyl (C=O) groups is 2. The van der Waals surface area contributed by atoms with E-state index in [1.807, 2.05) is 60.9 Å². The predicted octanol–water partition coefficient (Wildman–Crippen LogP) is 4.69.